The van der Waals surface area contributed by atoms with Crippen LogP contribution in [0, 0.1) is 0 Å². The lowest BCUT2D eigenvalue weighted by atomic mass is 10.2. The molecule has 0 aromatic carbocycles. The van der Waals surface area contributed by atoms with Crippen molar-refractivity contribution in [3.63, 3.8) is 0 Å². The van der Waals surface area contributed by atoms with Gasteiger partial charge in [0, 0.05) is 45.3 Å². The van der Waals surface area contributed by atoms with E-state index in [1.807, 2.05) is 0 Å². The highest BCUT2D eigenvalue weighted by Crippen LogP contribution is 2.05. The summed E-state index contributed by atoms with van der Waals surface area (Å²) in [4.78, 5) is 16.2. The molecule has 0 radical (unpaired) electrons. The van der Waals surface area contributed by atoms with E-state index in [2.05, 4.69) is 41.6 Å². The molecule has 1 saturated heterocycles. The van der Waals surface area contributed by atoms with Gasteiger partial charge in [-0.1, -0.05) is 0 Å². The maximum absolute atomic E-state index is 11.3. The summed E-state index contributed by atoms with van der Waals surface area (Å²) in [5.41, 5.74) is 0. The van der Waals surface area contributed by atoms with E-state index in [0.29, 0.717) is 19.2 Å². The van der Waals surface area contributed by atoms with Crippen LogP contribution in [0.4, 0.5) is 0 Å². The Morgan fingerprint density at radius 3 is 2.40 bits per heavy atom. The Morgan fingerprint density at radius 1 is 1.20 bits per heavy atom. The van der Waals surface area contributed by atoms with Crippen LogP contribution in [0.25, 0.3) is 0 Å². The number of hydrogen-bond acceptors (Lipinski definition) is 5. The monoisotopic (exact) mass is 303 g/mol. The van der Waals surface area contributed by atoms with Gasteiger partial charge >= 0.3 is 0 Å². The fraction of sp³-hybridized carbons (Fsp3) is 0.929. The summed E-state index contributed by atoms with van der Waals surface area (Å²) in [6, 6.07) is 0.645. The minimum atomic E-state index is -0.257. The molecule has 118 valence electrons. The summed E-state index contributed by atoms with van der Waals surface area (Å²) in [6.45, 7) is 13.6. The van der Waals surface area contributed by atoms with E-state index < -0.39 is 0 Å². The minimum Gasteiger partial charge on any atom is -0.378 e. The van der Waals surface area contributed by atoms with Gasteiger partial charge in [-0.15, -0.1) is 0 Å². The van der Waals surface area contributed by atoms with Gasteiger partial charge < -0.3 is 10.1 Å². The van der Waals surface area contributed by atoms with Crippen molar-refractivity contribution < 1.29 is 9.53 Å². The molecule has 20 heavy (non-hydrogen) atoms. The van der Waals surface area contributed by atoms with Gasteiger partial charge in [0.25, 0.3) is 0 Å². The summed E-state index contributed by atoms with van der Waals surface area (Å²) >= 11 is 4.06. The quantitative estimate of drug-likeness (QED) is 0.505. The molecular formula is C14H29N3O2S. The van der Waals surface area contributed by atoms with Crippen molar-refractivity contribution in [3.8, 4) is 0 Å². The predicted molar refractivity (Wildman–Crippen MR) is 85.4 cm³/mol. The maximum atomic E-state index is 11.3. The van der Waals surface area contributed by atoms with Crippen LogP contribution in [0.15, 0.2) is 0 Å². The molecule has 6 heteroatoms. The zero-order valence-corrected chi connectivity index (χ0v) is 13.9. The van der Waals surface area contributed by atoms with Crippen molar-refractivity contribution in [2.75, 3.05) is 52.5 Å². The SMILES string of the molecule is CC(S)C(=O)NCCOCCN1CCN(C(C)C)CC1. The number of rotatable bonds is 8. The third-order valence-corrected chi connectivity index (χ3v) is 3.85. The van der Waals surface area contributed by atoms with E-state index in [-0.39, 0.29) is 11.2 Å². The van der Waals surface area contributed by atoms with Crippen molar-refractivity contribution >= 4 is 18.5 Å². The van der Waals surface area contributed by atoms with E-state index in [1.54, 1.807) is 6.92 Å². The standard InChI is InChI=1S/C14H29N3O2S/c1-12(2)17-7-5-16(6-8-17)9-11-19-10-4-15-14(18)13(3)20/h12-13,20H,4-11H2,1-3H3,(H,15,18). The molecule has 1 unspecified atom stereocenters. The topological polar surface area (TPSA) is 44.8 Å². The third kappa shape index (κ3) is 6.92. The van der Waals surface area contributed by atoms with Crippen molar-refractivity contribution in [1.29, 1.82) is 0 Å². The maximum Gasteiger partial charge on any atom is 0.232 e. The van der Waals surface area contributed by atoms with Gasteiger partial charge in [0.2, 0.25) is 5.91 Å². The van der Waals surface area contributed by atoms with E-state index in [4.69, 9.17) is 4.74 Å². The molecule has 1 fully saturated rings. The lowest BCUT2D eigenvalue weighted by Crippen LogP contribution is -2.49. The van der Waals surface area contributed by atoms with Crippen LogP contribution in [0.2, 0.25) is 0 Å². The van der Waals surface area contributed by atoms with Crippen LogP contribution in [-0.4, -0.2) is 79.5 Å². The molecule has 0 saturated carbocycles. The second kappa shape index (κ2) is 9.60. The highest BCUT2D eigenvalue weighted by molar-refractivity contribution is 7.81. The molecule has 1 heterocycles. The average Bonchev–Trinajstić information content (AvgIpc) is 2.42. The molecule has 1 aliphatic rings. The Balaban J connectivity index is 1.96. The van der Waals surface area contributed by atoms with Gasteiger partial charge in [0.15, 0.2) is 0 Å². The van der Waals surface area contributed by atoms with Gasteiger partial charge in [-0.05, 0) is 20.8 Å². The summed E-state index contributed by atoms with van der Waals surface area (Å²) in [6.07, 6.45) is 0. The van der Waals surface area contributed by atoms with E-state index in [9.17, 15) is 4.79 Å². The number of piperazine rings is 1. The zero-order chi connectivity index (χ0) is 15.0. The van der Waals surface area contributed by atoms with E-state index >= 15 is 0 Å². The first-order valence-electron chi connectivity index (χ1n) is 7.50. The summed E-state index contributed by atoms with van der Waals surface area (Å²) < 4.78 is 5.55. The second-order valence-corrected chi connectivity index (χ2v) is 6.33. The first-order valence-corrected chi connectivity index (χ1v) is 8.02. The van der Waals surface area contributed by atoms with Crippen LogP contribution in [0.3, 0.4) is 0 Å². The number of ether oxygens (including phenoxy) is 1. The first kappa shape index (κ1) is 17.8. The van der Waals surface area contributed by atoms with Crippen molar-refractivity contribution in [3.05, 3.63) is 0 Å². The molecule has 0 aliphatic carbocycles. The molecule has 1 amide bonds. The highest BCUT2D eigenvalue weighted by atomic mass is 32.1. The number of amides is 1. The minimum absolute atomic E-state index is 0.0401. The summed E-state index contributed by atoms with van der Waals surface area (Å²) in [5.74, 6) is -0.0401. The molecular weight excluding hydrogens is 274 g/mol. The van der Waals surface area contributed by atoms with Crippen molar-refractivity contribution in [1.82, 2.24) is 15.1 Å². The number of carbonyl (C=O) groups excluding carboxylic acids is 1. The predicted octanol–water partition coefficient (Wildman–Crippen LogP) is 0.464. The molecule has 0 aromatic heterocycles. The van der Waals surface area contributed by atoms with Crippen LogP contribution in [0.1, 0.15) is 20.8 Å². The molecule has 5 nitrogen and oxygen atoms in total. The highest BCUT2D eigenvalue weighted by Gasteiger charge is 2.18. The molecule has 1 aliphatic heterocycles. The number of carbonyl (C=O) groups is 1. The number of thiol groups is 1. The molecule has 0 aromatic rings. The Morgan fingerprint density at radius 2 is 1.85 bits per heavy atom. The Labute approximate surface area is 128 Å². The van der Waals surface area contributed by atoms with Crippen LogP contribution in [-0.2, 0) is 9.53 Å². The van der Waals surface area contributed by atoms with Crippen LogP contribution < -0.4 is 5.32 Å². The largest absolute Gasteiger partial charge is 0.378 e. The van der Waals surface area contributed by atoms with E-state index in [1.165, 1.54) is 0 Å². The van der Waals surface area contributed by atoms with Gasteiger partial charge in [-0.25, -0.2) is 0 Å². The fourth-order valence-electron chi connectivity index (χ4n) is 2.19. The number of hydrogen-bond donors (Lipinski definition) is 2. The Kier molecular flexibility index (Phi) is 8.52. The fourth-order valence-corrected chi connectivity index (χ4v) is 2.28. The van der Waals surface area contributed by atoms with Gasteiger partial charge in [0.1, 0.15) is 0 Å². The molecule has 0 spiro atoms. The number of nitrogens with one attached hydrogen (secondary N) is 1. The first-order chi connectivity index (χ1) is 9.50. The molecule has 1 atom stereocenters. The molecule has 0 bridgehead atoms. The number of nitrogens with zero attached hydrogens (tertiary/aromatic N) is 2. The van der Waals surface area contributed by atoms with E-state index in [0.717, 1.165) is 39.3 Å². The summed E-state index contributed by atoms with van der Waals surface area (Å²) in [5, 5.41) is 2.52. The lowest BCUT2D eigenvalue weighted by Gasteiger charge is -2.36. The third-order valence-electron chi connectivity index (χ3n) is 3.61. The van der Waals surface area contributed by atoms with Crippen LogP contribution in [0.5, 0.6) is 0 Å². The summed E-state index contributed by atoms with van der Waals surface area (Å²) in [7, 11) is 0. The Hall–Kier alpha value is -0.300. The molecule has 1 N–H and O–H groups in total. The van der Waals surface area contributed by atoms with Gasteiger partial charge in [0.05, 0.1) is 18.5 Å². The van der Waals surface area contributed by atoms with Gasteiger partial charge in [-0.2, -0.15) is 12.6 Å². The van der Waals surface area contributed by atoms with Gasteiger partial charge in [-0.3, -0.25) is 14.6 Å². The second-order valence-electron chi connectivity index (χ2n) is 5.55. The lowest BCUT2D eigenvalue weighted by molar-refractivity contribution is -0.120. The van der Waals surface area contributed by atoms with Crippen molar-refractivity contribution in [2.45, 2.75) is 32.1 Å². The smallest absolute Gasteiger partial charge is 0.232 e. The Bertz CT molecular complexity index is 280. The normalized spacial score (nSPS) is 19.2. The van der Waals surface area contributed by atoms with Crippen molar-refractivity contribution in [2.24, 2.45) is 0 Å². The average molecular weight is 303 g/mol. The molecule has 1 rings (SSSR count). The zero-order valence-electron chi connectivity index (χ0n) is 13.0. The van der Waals surface area contributed by atoms with Crippen LogP contribution >= 0.6 is 12.6 Å².